The normalized spacial score (nSPS) is 16.8. The van der Waals surface area contributed by atoms with Crippen LogP contribution in [0.1, 0.15) is 38.0 Å². The van der Waals surface area contributed by atoms with E-state index in [0.29, 0.717) is 35.8 Å². The minimum absolute atomic E-state index is 0.441. The third-order valence-corrected chi connectivity index (χ3v) is 2.80. The Morgan fingerprint density at radius 1 is 1.24 bits per heavy atom. The highest BCUT2D eigenvalue weighted by molar-refractivity contribution is 5.50. The van der Waals surface area contributed by atoms with Gasteiger partial charge >= 0.3 is 0 Å². The van der Waals surface area contributed by atoms with E-state index in [1.807, 2.05) is 0 Å². The molecule has 0 bridgehead atoms. The Balaban J connectivity index is 2.56. The van der Waals surface area contributed by atoms with Crippen molar-refractivity contribution in [1.82, 2.24) is 0 Å². The average molecular weight is 240 g/mol. The molecule has 0 saturated carbocycles. The fourth-order valence-electron chi connectivity index (χ4n) is 1.97. The number of benzene rings is 1. The molecule has 0 aromatic heterocycles. The van der Waals surface area contributed by atoms with Gasteiger partial charge in [0.1, 0.15) is 18.9 Å². The largest absolute Gasteiger partial charge is 0.486 e. The summed E-state index contributed by atoms with van der Waals surface area (Å²) in [6.07, 6.45) is -0.740. The number of rotatable bonds is 2. The lowest BCUT2D eigenvalue weighted by Crippen LogP contribution is -2.19. The summed E-state index contributed by atoms with van der Waals surface area (Å²) in [4.78, 5) is 0. The zero-order valence-electron chi connectivity index (χ0n) is 10.3. The molecule has 0 aliphatic carbocycles. The van der Waals surface area contributed by atoms with E-state index in [4.69, 9.17) is 9.47 Å². The van der Waals surface area contributed by atoms with Crippen molar-refractivity contribution in [1.29, 1.82) is 0 Å². The van der Waals surface area contributed by atoms with Gasteiger partial charge in [0.2, 0.25) is 0 Å². The molecular weight excluding hydrogens is 223 g/mol. The highest BCUT2D eigenvalue weighted by Crippen LogP contribution is 2.40. The maximum absolute atomic E-state index is 14.1. The van der Waals surface area contributed by atoms with Gasteiger partial charge in [-0.25, -0.2) is 4.39 Å². The second-order valence-corrected chi connectivity index (χ2v) is 4.73. The van der Waals surface area contributed by atoms with Crippen LogP contribution in [0.2, 0.25) is 0 Å². The molecule has 1 aliphatic heterocycles. The summed E-state index contributed by atoms with van der Waals surface area (Å²) in [5.74, 6) is 1.11. The maximum Gasteiger partial charge on any atom is 0.161 e. The van der Waals surface area contributed by atoms with Crippen LogP contribution in [0.15, 0.2) is 12.1 Å². The van der Waals surface area contributed by atoms with Gasteiger partial charge in [0.05, 0.1) is 6.10 Å². The average Bonchev–Trinajstić information content (AvgIpc) is 2.26. The van der Waals surface area contributed by atoms with Gasteiger partial charge in [-0.3, -0.25) is 0 Å². The number of aliphatic hydroxyl groups excluding tert-OH is 1. The molecule has 2 rings (SSSR count). The predicted octanol–water partition coefficient (Wildman–Crippen LogP) is 2.72. The molecule has 0 fully saturated rings. The van der Waals surface area contributed by atoms with Gasteiger partial charge in [-0.05, 0) is 44.0 Å². The molecule has 1 N–H and O–H groups in total. The van der Waals surface area contributed by atoms with Gasteiger partial charge in [-0.2, -0.15) is 0 Å². The molecule has 1 aliphatic rings. The van der Waals surface area contributed by atoms with E-state index in [2.05, 4.69) is 0 Å². The Morgan fingerprint density at radius 3 is 2.24 bits per heavy atom. The van der Waals surface area contributed by atoms with E-state index in [1.54, 1.807) is 19.1 Å². The minimum atomic E-state index is -1.53. The molecule has 0 saturated heterocycles. The molecule has 3 nitrogen and oxygen atoms in total. The first-order chi connectivity index (χ1) is 7.89. The van der Waals surface area contributed by atoms with Gasteiger partial charge in [-0.15, -0.1) is 0 Å². The minimum Gasteiger partial charge on any atom is -0.486 e. The summed E-state index contributed by atoms with van der Waals surface area (Å²) in [5, 5.41) is 9.71. The Bertz CT molecular complexity index is 421. The first-order valence-corrected chi connectivity index (χ1v) is 5.70. The van der Waals surface area contributed by atoms with E-state index in [-0.39, 0.29) is 0 Å². The maximum atomic E-state index is 14.1. The fraction of sp³-hybridized carbons (Fsp3) is 0.538. The molecule has 17 heavy (non-hydrogen) atoms. The summed E-state index contributed by atoms with van der Waals surface area (Å²) in [5.41, 5.74) is -0.541. The van der Waals surface area contributed by atoms with Crippen LogP contribution in [0, 0.1) is 0 Å². The van der Waals surface area contributed by atoms with Gasteiger partial charge in [0.15, 0.2) is 11.5 Å². The van der Waals surface area contributed by atoms with Crippen LogP contribution in [0.5, 0.6) is 11.5 Å². The number of fused-ring (bicyclic) bond motifs is 1. The molecule has 0 amide bonds. The molecule has 1 aromatic carbocycles. The Hall–Kier alpha value is -1.29. The van der Waals surface area contributed by atoms with Crippen LogP contribution in [0.3, 0.4) is 0 Å². The summed E-state index contributed by atoms with van der Waals surface area (Å²) >= 11 is 0. The number of alkyl halides is 1. The third-order valence-electron chi connectivity index (χ3n) is 2.80. The zero-order chi connectivity index (χ0) is 12.6. The molecule has 4 heteroatoms. The van der Waals surface area contributed by atoms with Crippen LogP contribution >= 0.6 is 0 Å². The lowest BCUT2D eigenvalue weighted by Gasteiger charge is -2.25. The van der Waals surface area contributed by atoms with Crippen LogP contribution < -0.4 is 9.47 Å². The van der Waals surface area contributed by atoms with Gasteiger partial charge in [0.25, 0.3) is 0 Å². The Kier molecular flexibility index (Phi) is 3.00. The van der Waals surface area contributed by atoms with E-state index in [0.717, 1.165) is 0 Å². The lowest BCUT2D eigenvalue weighted by molar-refractivity contribution is 0.160. The van der Waals surface area contributed by atoms with Crippen LogP contribution in [0.4, 0.5) is 4.39 Å². The quantitative estimate of drug-likeness (QED) is 0.863. The van der Waals surface area contributed by atoms with Crippen LogP contribution in [-0.2, 0) is 5.67 Å². The van der Waals surface area contributed by atoms with Crippen molar-refractivity contribution in [3.05, 3.63) is 23.3 Å². The standard InChI is InChI=1S/C13H17FO3/c1-8(15)9-6-11-12(17-5-4-16-11)7-10(9)13(2,3)14/h6-8,15H,4-5H2,1-3H3. The first-order valence-electron chi connectivity index (χ1n) is 5.70. The van der Waals surface area contributed by atoms with Crippen molar-refractivity contribution in [2.45, 2.75) is 32.5 Å². The van der Waals surface area contributed by atoms with Gasteiger partial charge in [0, 0.05) is 0 Å². The summed E-state index contributed by atoms with van der Waals surface area (Å²) < 4.78 is 24.9. The molecule has 0 radical (unpaired) electrons. The summed E-state index contributed by atoms with van der Waals surface area (Å²) in [6, 6.07) is 3.28. The number of halogens is 1. The Labute approximate surface area is 100 Å². The zero-order valence-corrected chi connectivity index (χ0v) is 10.3. The fourth-order valence-corrected chi connectivity index (χ4v) is 1.97. The molecule has 1 aromatic rings. The predicted molar refractivity (Wildman–Crippen MR) is 62.2 cm³/mol. The van der Waals surface area contributed by atoms with Crippen molar-refractivity contribution < 1.29 is 19.0 Å². The SMILES string of the molecule is CC(O)c1cc2c(cc1C(C)(C)F)OCCO2. The van der Waals surface area contributed by atoms with E-state index < -0.39 is 11.8 Å². The topological polar surface area (TPSA) is 38.7 Å². The molecule has 1 unspecified atom stereocenters. The van der Waals surface area contributed by atoms with Crippen molar-refractivity contribution in [2.75, 3.05) is 13.2 Å². The number of hydrogen-bond acceptors (Lipinski definition) is 3. The summed E-state index contributed by atoms with van der Waals surface area (Å²) in [7, 11) is 0. The smallest absolute Gasteiger partial charge is 0.161 e. The van der Waals surface area contributed by atoms with E-state index >= 15 is 0 Å². The van der Waals surface area contributed by atoms with Gasteiger partial charge < -0.3 is 14.6 Å². The molecule has 1 atom stereocenters. The Morgan fingerprint density at radius 2 is 1.76 bits per heavy atom. The number of ether oxygens (including phenoxy) is 2. The third kappa shape index (κ3) is 2.36. The molecular formula is C13H17FO3. The molecule has 94 valence electrons. The lowest BCUT2D eigenvalue weighted by atomic mass is 9.91. The number of aliphatic hydroxyl groups is 1. The highest BCUT2D eigenvalue weighted by Gasteiger charge is 2.27. The van der Waals surface area contributed by atoms with Crippen molar-refractivity contribution in [3.8, 4) is 11.5 Å². The molecule has 0 spiro atoms. The first kappa shape index (κ1) is 12.2. The van der Waals surface area contributed by atoms with E-state index in [9.17, 15) is 9.50 Å². The van der Waals surface area contributed by atoms with Crippen LogP contribution in [-0.4, -0.2) is 18.3 Å². The monoisotopic (exact) mass is 240 g/mol. The highest BCUT2D eigenvalue weighted by atomic mass is 19.1. The van der Waals surface area contributed by atoms with Crippen molar-refractivity contribution in [3.63, 3.8) is 0 Å². The van der Waals surface area contributed by atoms with Crippen molar-refractivity contribution in [2.24, 2.45) is 0 Å². The second-order valence-electron chi connectivity index (χ2n) is 4.73. The van der Waals surface area contributed by atoms with Crippen LogP contribution in [0.25, 0.3) is 0 Å². The second kappa shape index (κ2) is 4.18. The summed E-state index contributed by atoms with van der Waals surface area (Å²) in [6.45, 7) is 5.48. The van der Waals surface area contributed by atoms with Crippen molar-refractivity contribution >= 4 is 0 Å². The number of hydrogen-bond donors (Lipinski definition) is 1. The molecule has 1 heterocycles. The van der Waals surface area contributed by atoms with Gasteiger partial charge in [-0.1, -0.05) is 0 Å². The van der Waals surface area contributed by atoms with E-state index in [1.165, 1.54) is 13.8 Å².